The summed E-state index contributed by atoms with van der Waals surface area (Å²) in [5.74, 6) is -0.688. The van der Waals surface area contributed by atoms with Crippen LogP contribution in [0.3, 0.4) is 0 Å². The van der Waals surface area contributed by atoms with Crippen molar-refractivity contribution in [2.45, 2.75) is 28.5 Å². The van der Waals surface area contributed by atoms with Crippen molar-refractivity contribution in [1.29, 1.82) is 0 Å². The number of sulfone groups is 1. The zero-order valence-corrected chi connectivity index (χ0v) is 18.8. The Morgan fingerprint density at radius 2 is 1.34 bits per heavy atom. The van der Waals surface area contributed by atoms with Crippen LogP contribution >= 0.6 is 0 Å². The summed E-state index contributed by atoms with van der Waals surface area (Å²) < 4.78 is 65.9. The van der Waals surface area contributed by atoms with Crippen LogP contribution in [-0.4, -0.2) is 21.8 Å². The summed E-state index contributed by atoms with van der Waals surface area (Å²) in [6, 6.07) is 16.0. The summed E-state index contributed by atoms with van der Waals surface area (Å²) in [5, 5.41) is 0.226. The maximum atomic E-state index is 13.8. The van der Waals surface area contributed by atoms with Crippen molar-refractivity contribution >= 4 is 36.6 Å². The molecule has 0 amide bonds. The number of hydrogen-bond acceptors (Lipinski definition) is 5. The number of anilines is 1. The molecule has 10 heteroatoms. The fraction of sp³-hybridized carbons (Fsp3) is 0.0909. The molecule has 7 nitrogen and oxygen atoms in total. The quantitative estimate of drug-likeness (QED) is 0.366. The minimum atomic E-state index is -4.07. The van der Waals surface area contributed by atoms with E-state index < -0.39 is 25.7 Å². The Kier molecular flexibility index (Phi) is 5.53. The van der Waals surface area contributed by atoms with Gasteiger partial charge in [0.15, 0.2) is 0 Å². The van der Waals surface area contributed by atoms with Crippen molar-refractivity contribution in [1.82, 2.24) is 9.82 Å². The van der Waals surface area contributed by atoms with Gasteiger partial charge in [0.2, 0.25) is 9.84 Å². The molecular formula is C22H20FN3O4S2. The lowest BCUT2D eigenvalue weighted by Crippen LogP contribution is -2.30. The third-order valence-corrected chi connectivity index (χ3v) is 8.07. The molecule has 0 aliphatic carbocycles. The topological polar surface area (TPSA) is 108 Å². The number of rotatable bonds is 6. The molecule has 0 bridgehead atoms. The number of aromatic nitrogens is 1. The first-order chi connectivity index (χ1) is 15.1. The number of halogens is 1. The number of hydrazine groups is 1. The van der Waals surface area contributed by atoms with Crippen LogP contribution in [0.4, 0.5) is 10.2 Å². The molecule has 3 aromatic carbocycles. The monoisotopic (exact) mass is 473 g/mol. The molecule has 3 N–H and O–H groups in total. The van der Waals surface area contributed by atoms with Gasteiger partial charge in [-0.25, -0.2) is 21.2 Å². The minimum absolute atomic E-state index is 0.000646. The second-order valence-electron chi connectivity index (χ2n) is 7.38. The maximum absolute atomic E-state index is 13.8. The Hall–Kier alpha value is -3.21. The van der Waals surface area contributed by atoms with Crippen LogP contribution in [0, 0.1) is 19.7 Å². The summed E-state index contributed by atoms with van der Waals surface area (Å²) in [4.78, 5) is 4.80. The number of aromatic amines is 1. The van der Waals surface area contributed by atoms with Crippen molar-refractivity contribution < 1.29 is 21.2 Å². The lowest BCUT2D eigenvalue weighted by atomic mass is 10.2. The molecule has 0 spiro atoms. The number of nitrogens with one attached hydrogen (secondary N) is 3. The fourth-order valence-corrected chi connectivity index (χ4v) is 5.66. The van der Waals surface area contributed by atoms with Crippen LogP contribution < -0.4 is 10.3 Å². The van der Waals surface area contributed by atoms with Gasteiger partial charge in [0.1, 0.15) is 16.5 Å². The van der Waals surface area contributed by atoms with E-state index in [1.807, 2.05) is 13.8 Å². The van der Waals surface area contributed by atoms with Crippen LogP contribution in [0.15, 0.2) is 81.4 Å². The largest absolute Gasteiger partial charge is 0.339 e. The van der Waals surface area contributed by atoms with Gasteiger partial charge < -0.3 is 4.98 Å². The molecule has 0 radical (unpaired) electrons. The molecule has 1 heterocycles. The van der Waals surface area contributed by atoms with E-state index in [1.54, 1.807) is 24.3 Å². The summed E-state index contributed by atoms with van der Waals surface area (Å²) in [6.07, 6.45) is 0. The smallest absolute Gasteiger partial charge is 0.257 e. The highest BCUT2D eigenvalue weighted by molar-refractivity contribution is 7.92. The Balaban J connectivity index is 1.79. The number of sulfonamides is 1. The summed E-state index contributed by atoms with van der Waals surface area (Å²) in [7, 11) is -8.07. The summed E-state index contributed by atoms with van der Waals surface area (Å²) in [6.45, 7) is 3.66. The predicted octanol–water partition coefficient (Wildman–Crippen LogP) is 4.06. The van der Waals surface area contributed by atoms with E-state index in [0.29, 0.717) is 0 Å². The second-order valence-corrected chi connectivity index (χ2v) is 10.9. The minimum Gasteiger partial charge on any atom is -0.339 e. The first-order valence-corrected chi connectivity index (χ1v) is 12.5. The van der Waals surface area contributed by atoms with Crippen molar-refractivity contribution in [3.05, 3.63) is 83.7 Å². The van der Waals surface area contributed by atoms with Crippen LogP contribution in [0.2, 0.25) is 0 Å². The number of aryl methyl sites for hydroxylation is 2. The SMILES string of the molecule is Cc1ccc(S(=O)(=O)NNc2[nH]c3cc(F)ccc3c2S(=O)(=O)c2ccc(C)cc2)cc1. The lowest BCUT2D eigenvalue weighted by Gasteiger charge is -2.11. The first-order valence-electron chi connectivity index (χ1n) is 9.55. The zero-order chi connectivity index (χ0) is 23.1. The van der Waals surface area contributed by atoms with Crippen LogP contribution in [0.1, 0.15) is 11.1 Å². The molecule has 32 heavy (non-hydrogen) atoms. The van der Waals surface area contributed by atoms with Gasteiger partial charge >= 0.3 is 0 Å². The fourth-order valence-electron chi connectivity index (χ4n) is 3.24. The van der Waals surface area contributed by atoms with Crippen molar-refractivity contribution in [3.63, 3.8) is 0 Å². The molecule has 166 valence electrons. The highest BCUT2D eigenvalue weighted by Crippen LogP contribution is 2.35. The lowest BCUT2D eigenvalue weighted by molar-refractivity contribution is 0.586. The van der Waals surface area contributed by atoms with E-state index in [9.17, 15) is 21.2 Å². The first kappa shape index (κ1) is 22.0. The van der Waals surface area contributed by atoms with E-state index >= 15 is 0 Å². The maximum Gasteiger partial charge on any atom is 0.257 e. The third kappa shape index (κ3) is 4.12. The molecule has 0 fully saturated rings. The van der Waals surface area contributed by atoms with Crippen LogP contribution in [-0.2, 0) is 19.9 Å². The third-order valence-electron chi connectivity index (χ3n) is 4.95. The Bertz CT molecular complexity index is 1510. The Morgan fingerprint density at radius 1 is 0.781 bits per heavy atom. The molecule has 0 saturated heterocycles. The molecule has 0 atom stereocenters. The number of fused-ring (bicyclic) bond motifs is 1. The molecule has 4 aromatic rings. The molecule has 0 saturated carbocycles. The van der Waals surface area contributed by atoms with E-state index in [0.717, 1.165) is 23.3 Å². The van der Waals surface area contributed by atoms with Crippen LogP contribution in [0.5, 0.6) is 0 Å². The zero-order valence-electron chi connectivity index (χ0n) is 17.2. The van der Waals surface area contributed by atoms with E-state index in [2.05, 4.69) is 15.2 Å². The highest BCUT2D eigenvalue weighted by Gasteiger charge is 2.27. The molecular weight excluding hydrogens is 453 g/mol. The van der Waals surface area contributed by atoms with Crippen molar-refractivity contribution in [3.8, 4) is 0 Å². The van der Waals surface area contributed by atoms with Gasteiger partial charge in [0.05, 0.1) is 15.3 Å². The van der Waals surface area contributed by atoms with Crippen molar-refractivity contribution in [2.24, 2.45) is 0 Å². The Labute approximate surface area is 185 Å². The van der Waals surface area contributed by atoms with Gasteiger partial charge in [-0.2, -0.15) is 0 Å². The summed E-state index contributed by atoms with van der Waals surface area (Å²) >= 11 is 0. The van der Waals surface area contributed by atoms with Gasteiger partial charge in [0.25, 0.3) is 10.0 Å². The van der Waals surface area contributed by atoms with Gasteiger partial charge in [-0.15, -0.1) is 4.83 Å². The predicted molar refractivity (Wildman–Crippen MR) is 120 cm³/mol. The highest BCUT2D eigenvalue weighted by atomic mass is 32.2. The molecule has 0 aliphatic rings. The Morgan fingerprint density at radius 3 is 1.94 bits per heavy atom. The standard InChI is InChI=1S/C22H20FN3O4S2/c1-14-3-8-17(9-4-14)31(27,28)21-19-12-7-16(23)13-20(19)24-22(21)25-26-32(29,30)18-10-5-15(2)6-11-18/h3-13,24-26H,1-2H3. The number of hydrogen-bond donors (Lipinski definition) is 3. The second kappa shape index (κ2) is 8.05. The summed E-state index contributed by atoms with van der Waals surface area (Å²) in [5.41, 5.74) is 4.44. The van der Waals surface area contributed by atoms with Gasteiger partial charge in [-0.1, -0.05) is 35.4 Å². The van der Waals surface area contributed by atoms with Crippen molar-refractivity contribution in [2.75, 3.05) is 5.43 Å². The molecule has 0 aliphatic heterocycles. The van der Waals surface area contributed by atoms with Gasteiger partial charge in [0, 0.05) is 5.39 Å². The number of benzene rings is 3. The molecule has 0 unspecified atom stereocenters. The average molecular weight is 474 g/mol. The van der Waals surface area contributed by atoms with Crippen LogP contribution in [0.25, 0.3) is 10.9 Å². The normalized spacial score (nSPS) is 12.2. The van der Waals surface area contributed by atoms with Gasteiger partial charge in [-0.05, 0) is 56.3 Å². The number of H-pyrrole nitrogens is 1. The average Bonchev–Trinajstić information content (AvgIpc) is 3.11. The van der Waals surface area contributed by atoms with Gasteiger partial charge in [-0.3, -0.25) is 5.43 Å². The van der Waals surface area contributed by atoms with E-state index in [-0.39, 0.29) is 31.4 Å². The van der Waals surface area contributed by atoms with E-state index in [4.69, 9.17) is 0 Å². The van der Waals surface area contributed by atoms with E-state index in [1.165, 1.54) is 30.3 Å². The molecule has 1 aromatic heterocycles. The molecule has 4 rings (SSSR count).